The lowest BCUT2D eigenvalue weighted by molar-refractivity contribution is -0.149. The topological polar surface area (TPSA) is 144 Å². The van der Waals surface area contributed by atoms with E-state index in [-0.39, 0.29) is 46.0 Å². The standard InChI is InChI=1S/C26H22F5N5O3/c1-25(24(34)38)11-39-22-16(25)8-19(36-21(22)12-2-4-15(27)5-3-12)17(26(29,30)31)10-35-23(37)13-6-14(9-32)20(33)18(28)7-13/h2-9,17,32H,10-11,33H2,1H3,(H2,34,38)(H,35,37)/t17-,25+/m1/s1. The van der Waals surface area contributed by atoms with Crippen LogP contribution >= 0.6 is 0 Å². The Morgan fingerprint density at radius 2 is 1.87 bits per heavy atom. The molecule has 4 rings (SSSR count). The van der Waals surface area contributed by atoms with Crippen LogP contribution in [0.5, 0.6) is 5.75 Å². The first-order valence-electron chi connectivity index (χ1n) is 11.4. The molecule has 1 aromatic heterocycles. The van der Waals surface area contributed by atoms with Gasteiger partial charge < -0.3 is 26.9 Å². The van der Waals surface area contributed by atoms with E-state index < -0.39 is 53.2 Å². The van der Waals surface area contributed by atoms with Gasteiger partial charge in [0.1, 0.15) is 41.0 Å². The van der Waals surface area contributed by atoms with Crippen molar-refractivity contribution in [2.24, 2.45) is 5.73 Å². The molecule has 0 saturated carbocycles. The van der Waals surface area contributed by atoms with E-state index in [9.17, 15) is 31.5 Å². The largest absolute Gasteiger partial charge is 0.489 e. The minimum Gasteiger partial charge on any atom is -0.489 e. The Labute approximate surface area is 218 Å². The summed E-state index contributed by atoms with van der Waals surface area (Å²) in [5.41, 5.74) is 8.39. The molecule has 1 aliphatic heterocycles. The summed E-state index contributed by atoms with van der Waals surface area (Å²) in [7, 11) is 0. The van der Waals surface area contributed by atoms with Gasteiger partial charge >= 0.3 is 6.18 Å². The SMILES string of the molecule is C[C@]1(C(N)=O)COc2c1cc([C@@H](CNC(=O)c1cc(F)c(N)c(C=N)c1)C(F)(F)F)nc2-c1ccc(F)cc1. The van der Waals surface area contributed by atoms with Crippen molar-refractivity contribution in [3.8, 4) is 17.0 Å². The summed E-state index contributed by atoms with van der Waals surface area (Å²) in [6.07, 6.45) is -4.22. The minimum atomic E-state index is -4.93. The van der Waals surface area contributed by atoms with Crippen LogP contribution in [0.15, 0.2) is 42.5 Å². The van der Waals surface area contributed by atoms with Gasteiger partial charge in [0, 0.05) is 35.0 Å². The highest BCUT2D eigenvalue weighted by molar-refractivity contribution is 5.97. The number of halogens is 5. The van der Waals surface area contributed by atoms with Crippen molar-refractivity contribution >= 4 is 23.7 Å². The van der Waals surface area contributed by atoms with Crippen molar-refractivity contribution < 1.29 is 36.3 Å². The number of primary amides is 1. The van der Waals surface area contributed by atoms with E-state index in [1.807, 2.05) is 0 Å². The maximum absolute atomic E-state index is 14.3. The molecule has 39 heavy (non-hydrogen) atoms. The first-order chi connectivity index (χ1) is 18.3. The molecule has 0 unspecified atom stereocenters. The van der Waals surface area contributed by atoms with E-state index in [1.54, 1.807) is 0 Å². The Morgan fingerprint density at radius 1 is 1.21 bits per heavy atom. The summed E-state index contributed by atoms with van der Waals surface area (Å²) >= 11 is 0. The number of carbonyl (C=O) groups is 2. The first kappa shape index (κ1) is 27.5. The number of anilines is 1. The molecule has 0 bridgehead atoms. The predicted molar refractivity (Wildman–Crippen MR) is 131 cm³/mol. The molecule has 2 heterocycles. The Hall–Kier alpha value is -4.55. The number of benzene rings is 2. The van der Waals surface area contributed by atoms with Crippen LogP contribution < -0.4 is 21.5 Å². The number of aromatic nitrogens is 1. The number of rotatable bonds is 7. The molecule has 6 N–H and O–H groups in total. The van der Waals surface area contributed by atoms with E-state index in [0.29, 0.717) is 6.21 Å². The number of nitrogens with zero attached hydrogens (tertiary/aromatic N) is 1. The Kier molecular flexibility index (Phi) is 7.02. The van der Waals surface area contributed by atoms with Gasteiger partial charge in [-0.1, -0.05) is 0 Å². The zero-order valence-electron chi connectivity index (χ0n) is 20.3. The molecule has 0 spiro atoms. The van der Waals surface area contributed by atoms with Crippen LogP contribution in [0.4, 0.5) is 27.6 Å². The number of alkyl halides is 3. The van der Waals surface area contributed by atoms with Gasteiger partial charge in [-0.3, -0.25) is 9.59 Å². The maximum Gasteiger partial charge on any atom is 0.398 e. The van der Waals surface area contributed by atoms with Gasteiger partial charge in [0.15, 0.2) is 0 Å². The fourth-order valence-electron chi connectivity index (χ4n) is 4.16. The zero-order chi connectivity index (χ0) is 28.7. The quantitative estimate of drug-likeness (QED) is 0.202. The highest BCUT2D eigenvalue weighted by atomic mass is 19.4. The number of hydrogen-bond donors (Lipinski definition) is 4. The number of fused-ring (bicyclic) bond motifs is 1. The van der Waals surface area contributed by atoms with Gasteiger partial charge in [-0.15, -0.1) is 0 Å². The number of ether oxygens (including phenoxy) is 1. The fourth-order valence-corrected chi connectivity index (χ4v) is 4.16. The van der Waals surface area contributed by atoms with Crippen molar-refractivity contribution in [1.82, 2.24) is 10.3 Å². The second kappa shape index (κ2) is 9.97. The molecule has 2 atom stereocenters. The third-order valence-corrected chi connectivity index (χ3v) is 6.55. The molecule has 0 fully saturated rings. The van der Waals surface area contributed by atoms with Crippen molar-refractivity contribution in [2.75, 3.05) is 18.9 Å². The zero-order valence-corrected chi connectivity index (χ0v) is 20.3. The summed E-state index contributed by atoms with van der Waals surface area (Å²) in [4.78, 5) is 29.1. The summed E-state index contributed by atoms with van der Waals surface area (Å²) < 4.78 is 76.2. The molecule has 13 heteroatoms. The Morgan fingerprint density at radius 3 is 2.46 bits per heavy atom. The summed E-state index contributed by atoms with van der Waals surface area (Å²) in [5, 5.41) is 9.41. The summed E-state index contributed by atoms with van der Waals surface area (Å²) in [6.45, 7) is 0.166. The number of nitrogen functional groups attached to an aromatic ring is 1. The Bertz CT molecular complexity index is 1480. The van der Waals surface area contributed by atoms with Crippen LogP contribution in [-0.2, 0) is 10.2 Å². The van der Waals surface area contributed by atoms with Crippen molar-refractivity contribution in [3.05, 3.63) is 76.5 Å². The number of hydrogen-bond acceptors (Lipinski definition) is 6. The van der Waals surface area contributed by atoms with E-state index >= 15 is 0 Å². The third-order valence-electron chi connectivity index (χ3n) is 6.55. The van der Waals surface area contributed by atoms with Crippen LogP contribution in [0.2, 0.25) is 0 Å². The normalized spacial score (nSPS) is 17.2. The van der Waals surface area contributed by atoms with Gasteiger partial charge in [-0.25, -0.2) is 13.8 Å². The van der Waals surface area contributed by atoms with Gasteiger partial charge in [0.2, 0.25) is 5.91 Å². The van der Waals surface area contributed by atoms with E-state index in [0.717, 1.165) is 30.3 Å². The van der Waals surface area contributed by atoms with E-state index in [4.69, 9.17) is 21.6 Å². The smallest absolute Gasteiger partial charge is 0.398 e. The number of nitrogens with one attached hydrogen (secondary N) is 2. The molecule has 8 nitrogen and oxygen atoms in total. The highest BCUT2D eigenvalue weighted by Gasteiger charge is 2.47. The van der Waals surface area contributed by atoms with Crippen LogP contribution in [0.25, 0.3) is 11.3 Å². The molecular weight excluding hydrogens is 525 g/mol. The van der Waals surface area contributed by atoms with Gasteiger partial charge in [-0.2, -0.15) is 13.2 Å². The number of amides is 2. The fraction of sp³-hybridized carbons (Fsp3) is 0.231. The van der Waals surface area contributed by atoms with Crippen LogP contribution in [0.1, 0.15) is 40.0 Å². The van der Waals surface area contributed by atoms with E-state index in [1.165, 1.54) is 19.1 Å². The number of pyridine rings is 1. The minimum absolute atomic E-state index is 0.0353. The molecule has 204 valence electrons. The number of carbonyl (C=O) groups excluding carboxylic acids is 2. The lowest BCUT2D eigenvalue weighted by atomic mass is 9.82. The molecule has 1 aliphatic rings. The average Bonchev–Trinajstić information content (AvgIpc) is 3.22. The molecule has 2 aromatic carbocycles. The second-order valence-electron chi connectivity index (χ2n) is 9.17. The maximum atomic E-state index is 14.3. The molecule has 0 aliphatic carbocycles. The van der Waals surface area contributed by atoms with E-state index in [2.05, 4.69) is 10.3 Å². The lowest BCUT2D eigenvalue weighted by Crippen LogP contribution is -2.40. The highest BCUT2D eigenvalue weighted by Crippen LogP contribution is 2.46. The van der Waals surface area contributed by atoms with Gasteiger partial charge in [0.25, 0.3) is 5.91 Å². The monoisotopic (exact) mass is 547 g/mol. The van der Waals surface area contributed by atoms with Crippen LogP contribution in [0.3, 0.4) is 0 Å². The summed E-state index contributed by atoms with van der Waals surface area (Å²) in [5.74, 6) is -5.82. The van der Waals surface area contributed by atoms with Crippen LogP contribution in [-0.4, -0.2) is 42.3 Å². The summed E-state index contributed by atoms with van der Waals surface area (Å²) in [6, 6.07) is 7.65. The Balaban J connectivity index is 1.77. The average molecular weight is 547 g/mol. The van der Waals surface area contributed by atoms with Crippen LogP contribution in [0, 0.1) is 17.0 Å². The molecule has 0 saturated heterocycles. The molecule has 3 aromatic rings. The van der Waals surface area contributed by atoms with Crippen molar-refractivity contribution in [3.63, 3.8) is 0 Å². The molecule has 2 amide bonds. The molecule has 0 radical (unpaired) electrons. The second-order valence-corrected chi connectivity index (χ2v) is 9.17. The lowest BCUT2D eigenvalue weighted by Gasteiger charge is -2.24. The van der Waals surface area contributed by atoms with Crippen molar-refractivity contribution in [2.45, 2.75) is 24.4 Å². The third kappa shape index (κ3) is 5.11. The van der Waals surface area contributed by atoms with Gasteiger partial charge in [0.05, 0.1) is 11.4 Å². The number of nitrogens with two attached hydrogens (primary N) is 2. The predicted octanol–water partition coefficient (Wildman–Crippen LogP) is 3.82. The molecular formula is C26H22F5N5O3. The first-order valence-corrected chi connectivity index (χ1v) is 11.4. The van der Waals surface area contributed by atoms with Crippen molar-refractivity contribution in [1.29, 1.82) is 5.41 Å². The van der Waals surface area contributed by atoms with Gasteiger partial charge in [-0.05, 0) is 49.4 Å².